The topological polar surface area (TPSA) is 24.9 Å². The van der Waals surface area contributed by atoms with Crippen LogP contribution in [0.5, 0.6) is 0 Å². The van der Waals surface area contributed by atoms with Gasteiger partial charge < -0.3 is 5.32 Å². The minimum atomic E-state index is 0.559. The fourth-order valence-corrected chi connectivity index (χ4v) is 2.76. The third kappa shape index (κ3) is 3.29. The highest BCUT2D eigenvalue weighted by atomic mass is 32.1. The van der Waals surface area contributed by atoms with E-state index in [0.29, 0.717) is 5.92 Å². The molecule has 1 unspecified atom stereocenters. The first kappa shape index (κ1) is 12.1. The lowest BCUT2D eigenvalue weighted by Crippen LogP contribution is -2.22. The van der Waals surface area contributed by atoms with Crippen molar-refractivity contribution in [2.24, 2.45) is 11.8 Å². The number of nitrogens with zero attached hydrogens (tertiary/aromatic N) is 1. The third-order valence-corrected chi connectivity index (χ3v) is 4.46. The fourth-order valence-electron chi connectivity index (χ4n) is 1.93. The minimum Gasteiger partial charge on any atom is -0.311 e. The maximum absolute atomic E-state index is 4.62. The molecule has 0 amide bonds. The Morgan fingerprint density at radius 1 is 1.44 bits per heavy atom. The van der Waals surface area contributed by atoms with Gasteiger partial charge in [-0.15, -0.1) is 11.3 Å². The molecular formula is C13H22N2S. The second-order valence-corrected chi connectivity index (χ2v) is 6.17. The number of nitrogens with one attached hydrogen (secondary N) is 1. The van der Waals surface area contributed by atoms with E-state index in [0.717, 1.165) is 24.9 Å². The summed E-state index contributed by atoms with van der Waals surface area (Å²) >= 11 is 1.78. The minimum absolute atomic E-state index is 0.559. The largest absolute Gasteiger partial charge is 0.311 e. The predicted octanol–water partition coefficient (Wildman–Crippen LogP) is 3.40. The molecule has 1 aromatic rings. The summed E-state index contributed by atoms with van der Waals surface area (Å²) in [5.41, 5.74) is 1.21. The number of aromatic nitrogens is 1. The van der Waals surface area contributed by atoms with Gasteiger partial charge in [0.05, 0.1) is 10.7 Å². The standard InChI is InChI=1S/C13H22N2S/c1-9(2)13-15-12(8-16-13)7-14-6-10(3)11-4-5-11/h8-11,14H,4-7H2,1-3H3. The van der Waals surface area contributed by atoms with E-state index in [2.05, 4.69) is 36.5 Å². The van der Waals surface area contributed by atoms with Gasteiger partial charge in [-0.25, -0.2) is 4.98 Å². The first-order valence-corrected chi connectivity index (χ1v) is 7.19. The average Bonchev–Trinajstić information content (AvgIpc) is 2.98. The Kier molecular flexibility index (Phi) is 3.98. The molecule has 1 saturated carbocycles. The number of thiazole rings is 1. The molecule has 0 spiro atoms. The van der Waals surface area contributed by atoms with Crippen molar-refractivity contribution in [3.63, 3.8) is 0 Å². The van der Waals surface area contributed by atoms with E-state index >= 15 is 0 Å². The molecule has 90 valence electrons. The zero-order chi connectivity index (χ0) is 11.5. The monoisotopic (exact) mass is 238 g/mol. The normalized spacial score (nSPS) is 18.0. The van der Waals surface area contributed by atoms with Gasteiger partial charge in [-0.2, -0.15) is 0 Å². The summed E-state index contributed by atoms with van der Waals surface area (Å²) in [7, 11) is 0. The Morgan fingerprint density at radius 3 is 2.75 bits per heavy atom. The lowest BCUT2D eigenvalue weighted by atomic mass is 10.1. The molecule has 16 heavy (non-hydrogen) atoms. The quantitative estimate of drug-likeness (QED) is 0.821. The maximum Gasteiger partial charge on any atom is 0.0954 e. The van der Waals surface area contributed by atoms with Gasteiger partial charge in [-0.3, -0.25) is 0 Å². The van der Waals surface area contributed by atoms with E-state index in [9.17, 15) is 0 Å². The lowest BCUT2D eigenvalue weighted by molar-refractivity contribution is 0.460. The zero-order valence-corrected chi connectivity index (χ0v) is 11.3. The number of hydrogen-bond acceptors (Lipinski definition) is 3. The first-order valence-electron chi connectivity index (χ1n) is 6.32. The van der Waals surface area contributed by atoms with Crippen LogP contribution in [0.1, 0.15) is 50.2 Å². The summed E-state index contributed by atoms with van der Waals surface area (Å²) in [5.74, 6) is 2.39. The van der Waals surface area contributed by atoms with Crippen molar-refractivity contribution in [3.05, 3.63) is 16.1 Å². The van der Waals surface area contributed by atoms with E-state index in [1.54, 1.807) is 11.3 Å². The van der Waals surface area contributed by atoms with Crippen LogP contribution in [-0.2, 0) is 6.54 Å². The summed E-state index contributed by atoms with van der Waals surface area (Å²) in [6.07, 6.45) is 2.88. The molecule has 1 aromatic heterocycles. The predicted molar refractivity (Wildman–Crippen MR) is 69.8 cm³/mol. The van der Waals surface area contributed by atoms with Gasteiger partial charge in [0.1, 0.15) is 0 Å². The van der Waals surface area contributed by atoms with Gasteiger partial charge in [0.15, 0.2) is 0 Å². The van der Waals surface area contributed by atoms with E-state index in [4.69, 9.17) is 0 Å². The molecule has 0 radical (unpaired) electrons. The summed E-state index contributed by atoms with van der Waals surface area (Å²) in [6.45, 7) is 8.82. The van der Waals surface area contributed by atoms with Gasteiger partial charge in [0.25, 0.3) is 0 Å². The Balaban J connectivity index is 1.71. The first-order chi connectivity index (χ1) is 7.66. The van der Waals surface area contributed by atoms with Gasteiger partial charge >= 0.3 is 0 Å². The molecule has 1 N–H and O–H groups in total. The van der Waals surface area contributed by atoms with Crippen LogP contribution in [0.25, 0.3) is 0 Å². The van der Waals surface area contributed by atoms with Gasteiger partial charge in [0.2, 0.25) is 0 Å². The average molecular weight is 238 g/mol. The molecule has 1 aliphatic carbocycles. The highest BCUT2D eigenvalue weighted by molar-refractivity contribution is 7.09. The van der Waals surface area contributed by atoms with E-state index < -0.39 is 0 Å². The van der Waals surface area contributed by atoms with Gasteiger partial charge in [-0.1, -0.05) is 20.8 Å². The van der Waals surface area contributed by atoms with Crippen LogP contribution in [0.15, 0.2) is 5.38 Å². The van der Waals surface area contributed by atoms with Crippen molar-refractivity contribution < 1.29 is 0 Å². The molecule has 2 nitrogen and oxygen atoms in total. The number of rotatable bonds is 6. The van der Waals surface area contributed by atoms with Crippen LogP contribution in [0.3, 0.4) is 0 Å². The molecule has 0 aromatic carbocycles. The Labute approximate surface area is 102 Å². The van der Waals surface area contributed by atoms with Crippen molar-refractivity contribution in [2.45, 2.75) is 46.1 Å². The second kappa shape index (κ2) is 5.28. The molecule has 0 aliphatic heterocycles. The lowest BCUT2D eigenvalue weighted by Gasteiger charge is -2.10. The molecular weight excluding hydrogens is 216 g/mol. The second-order valence-electron chi connectivity index (χ2n) is 5.28. The van der Waals surface area contributed by atoms with Gasteiger partial charge in [-0.05, 0) is 31.2 Å². The van der Waals surface area contributed by atoms with Crippen molar-refractivity contribution in [3.8, 4) is 0 Å². The zero-order valence-electron chi connectivity index (χ0n) is 10.5. The molecule has 0 saturated heterocycles. The van der Waals surface area contributed by atoms with Crippen molar-refractivity contribution in [2.75, 3.05) is 6.54 Å². The van der Waals surface area contributed by atoms with Crippen LogP contribution in [0.2, 0.25) is 0 Å². The Bertz CT molecular complexity index is 328. The SMILES string of the molecule is CC(C)c1nc(CNCC(C)C2CC2)cs1. The van der Waals surface area contributed by atoms with Crippen LogP contribution in [0.4, 0.5) is 0 Å². The van der Waals surface area contributed by atoms with Gasteiger partial charge in [0, 0.05) is 17.8 Å². The summed E-state index contributed by atoms with van der Waals surface area (Å²) in [5, 5.41) is 6.96. The smallest absolute Gasteiger partial charge is 0.0954 e. The molecule has 1 heterocycles. The Hall–Kier alpha value is -0.410. The van der Waals surface area contributed by atoms with E-state index in [1.807, 2.05) is 0 Å². The van der Waals surface area contributed by atoms with Crippen molar-refractivity contribution >= 4 is 11.3 Å². The fraction of sp³-hybridized carbons (Fsp3) is 0.769. The summed E-state index contributed by atoms with van der Waals surface area (Å²) in [4.78, 5) is 4.62. The van der Waals surface area contributed by atoms with E-state index in [1.165, 1.54) is 23.5 Å². The molecule has 1 fully saturated rings. The van der Waals surface area contributed by atoms with Crippen LogP contribution < -0.4 is 5.32 Å². The molecule has 2 rings (SSSR count). The van der Waals surface area contributed by atoms with Crippen LogP contribution >= 0.6 is 11.3 Å². The maximum atomic E-state index is 4.62. The number of hydrogen-bond donors (Lipinski definition) is 1. The highest BCUT2D eigenvalue weighted by Gasteiger charge is 2.27. The Morgan fingerprint density at radius 2 is 2.19 bits per heavy atom. The molecule has 3 heteroatoms. The molecule has 0 bridgehead atoms. The molecule has 1 aliphatic rings. The summed E-state index contributed by atoms with van der Waals surface area (Å²) in [6, 6.07) is 0. The van der Waals surface area contributed by atoms with Crippen LogP contribution in [0, 0.1) is 11.8 Å². The van der Waals surface area contributed by atoms with Crippen molar-refractivity contribution in [1.82, 2.24) is 10.3 Å². The van der Waals surface area contributed by atoms with Crippen LogP contribution in [-0.4, -0.2) is 11.5 Å². The molecule has 1 atom stereocenters. The van der Waals surface area contributed by atoms with Crippen molar-refractivity contribution in [1.29, 1.82) is 0 Å². The highest BCUT2D eigenvalue weighted by Crippen LogP contribution is 2.36. The third-order valence-electron chi connectivity index (χ3n) is 3.26. The van der Waals surface area contributed by atoms with E-state index in [-0.39, 0.29) is 0 Å². The summed E-state index contributed by atoms with van der Waals surface area (Å²) < 4.78 is 0.